The molecule has 0 aliphatic carbocycles. The van der Waals surface area contributed by atoms with E-state index in [0.29, 0.717) is 33.3 Å². The highest BCUT2D eigenvalue weighted by Gasteiger charge is 2.18. The van der Waals surface area contributed by atoms with Gasteiger partial charge < -0.3 is 0 Å². The van der Waals surface area contributed by atoms with Gasteiger partial charge in [0.2, 0.25) is 5.78 Å². The molecule has 0 atom stereocenters. The quantitative estimate of drug-likeness (QED) is 0.274. The van der Waals surface area contributed by atoms with Crippen LogP contribution in [0.4, 0.5) is 0 Å². The van der Waals surface area contributed by atoms with Gasteiger partial charge in [-0.1, -0.05) is 30.0 Å². The Morgan fingerprint density at radius 3 is 2.64 bits per heavy atom. The minimum Gasteiger partial charge on any atom is -0.290 e. The number of thioether (sulfide) groups is 1. The Labute approximate surface area is 198 Å². The molecule has 0 unspecified atom stereocenters. The van der Waals surface area contributed by atoms with Crippen molar-refractivity contribution in [3.8, 4) is 10.4 Å². The van der Waals surface area contributed by atoms with E-state index in [2.05, 4.69) is 10.2 Å². The normalized spacial score (nSPS) is 11.8. The first-order chi connectivity index (χ1) is 16.0. The van der Waals surface area contributed by atoms with Crippen LogP contribution in [0.25, 0.3) is 37.3 Å². The van der Waals surface area contributed by atoms with Crippen molar-refractivity contribution in [2.45, 2.75) is 10.9 Å². The SMILES string of the molecule is Cn1c(SCc2nnc3n(C)c(=O)c4ccccc4n23)nc2scc(-c3cccs3)c2c1=O. The van der Waals surface area contributed by atoms with Crippen LogP contribution in [0.2, 0.25) is 0 Å². The van der Waals surface area contributed by atoms with Gasteiger partial charge in [-0.25, -0.2) is 4.98 Å². The van der Waals surface area contributed by atoms with Crippen molar-refractivity contribution >= 4 is 61.3 Å². The summed E-state index contributed by atoms with van der Waals surface area (Å²) in [5, 5.41) is 14.4. The lowest BCUT2D eigenvalue weighted by Crippen LogP contribution is -2.20. The number of hydrogen-bond donors (Lipinski definition) is 0. The molecule has 5 aromatic heterocycles. The van der Waals surface area contributed by atoms with Crippen LogP contribution in [0.1, 0.15) is 5.82 Å². The summed E-state index contributed by atoms with van der Waals surface area (Å²) in [6.45, 7) is 0. The second kappa shape index (κ2) is 7.65. The molecule has 0 spiro atoms. The van der Waals surface area contributed by atoms with Gasteiger partial charge in [0.1, 0.15) is 10.7 Å². The molecule has 8 nitrogen and oxygen atoms in total. The first kappa shape index (κ1) is 20.3. The maximum absolute atomic E-state index is 13.2. The molecule has 5 heterocycles. The summed E-state index contributed by atoms with van der Waals surface area (Å²) in [7, 11) is 3.44. The van der Waals surface area contributed by atoms with Crippen molar-refractivity contribution in [3.05, 3.63) is 73.7 Å². The number of aromatic nitrogens is 6. The predicted molar refractivity (Wildman–Crippen MR) is 133 cm³/mol. The van der Waals surface area contributed by atoms with Crippen molar-refractivity contribution in [3.63, 3.8) is 0 Å². The summed E-state index contributed by atoms with van der Waals surface area (Å²) in [6.07, 6.45) is 0. The molecule has 11 heteroatoms. The zero-order chi connectivity index (χ0) is 22.7. The number of aryl methyl sites for hydroxylation is 1. The van der Waals surface area contributed by atoms with Gasteiger partial charge >= 0.3 is 0 Å². The lowest BCUT2D eigenvalue weighted by molar-refractivity contribution is 0.727. The van der Waals surface area contributed by atoms with Crippen LogP contribution in [0.5, 0.6) is 0 Å². The number of fused-ring (bicyclic) bond motifs is 4. The van der Waals surface area contributed by atoms with Crippen LogP contribution >= 0.6 is 34.4 Å². The molecular formula is C22H16N6O2S3. The van der Waals surface area contributed by atoms with Crippen LogP contribution in [0, 0.1) is 0 Å². The number of rotatable bonds is 4. The Morgan fingerprint density at radius 2 is 1.82 bits per heavy atom. The van der Waals surface area contributed by atoms with Gasteiger partial charge in [-0.3, -0.25) is 23.1 Å². The highest BCUT2D eigenvalue weighted by atomic mass is 32.2. The number of para-hydroxylation sites is 1. The van der Waals surface area contributed by atoms with Crippen molar-refractivity contribution in [1.29, 1.82) is 0 Å². The van der Waals surface area contributed by atoms with E-state index < -0.39 is 0 Å². The molecule has 0 radical (unpaired) electrons. The van der Waals surface area contributed by atoms with E-state index in [1.165, 1.54) is 27.7 Å². The molecule has 0 aliphatic heterocycles. The third-order valence-electron chi connectivity index (χ3n) is 5.58. The smallest absolute Gasteiger partial charge is 0.263 e. The lowest BCUT2D eigenvalue weighted by atomic mass is 10.2. The Hall–Kier alpha value is -3.28. The van der Waals surface area contributed by atoms with Crippen LogP contribution in [0.15, 0.2) is 61.9 Å². The highest BCUT2D eigenvalue weighted by Crippen LogP contribution is 2.34. The van der Waals surface area contributed by atoms with Gasteiger partial charge in [-0.15, -0.1) is 32.9 Å². The molecule has 0 N–H and O–H groups in total. The van der Waals surface area contributed by atoms with E-state index in [1.807, 2.05) is 45.5 Å². The van der Waals surface area contributed by atoms with E-state index in [9.17, 15) is 9.59 Å². The first-order valence-electron chi connectivity index (χ1n) is 10.0. The van der Waals surface area contributed by atoms with E-state index in [-0.39, 0.29) is 11.1 Å². The molecule has 0 saturated carbocycles. The summed E-state index contributed by atoms with van der Waals surface area (Å²) in [5.41, 5.74) is 1.52. The molecular weight excluding hydrogens is 476 g/mol. The molecule has 0 saturated heterocycles. The van der Waals surface area contributed by atoms with Crippen molar-refractivity contribution in [1.82, 2.24) is 28.7 Å². The highest BCUT2D eigenvalue weighted by molar-refractivity contribution is 7.98. The van der Waals surface area contributed by atoms with Crippen molar-refractivity contribution in [2.24, 2.45) is 14.1 Å². The maximum atomic E-state index is 13.2. The monoisotopic (exact) mass is 492 g/mol. The fraction of sp³-hybridized carbons (Fsp3) is 0.136. The Kier molecular flexibility index (Phi) is 4.71. The van der Waals surface area contributed by atoms with Gasteiger partial charge in [0.05, 0.1) is 22.0 Å². The van der Waals surface area contributed by atoms with Crippen LogP contribution in [-0.2, 0) is 19.8 Å². The number of benzene rings is 1. The lowest BCUT2D eigenvalue weighted by Gasteiger charge is -2.09. The number of thiophene rings is 2. The summed E-state index contributed by atoms with van der Waals surface area (Å²) < 4.78 is 4.98. The van der Waals surface area contributed by atoms with Crippen molar-refractivity contribution < 1.29 is 0 Å². The summed E-state index contributed by atoms with van der Waals surface area (Å²) in [6, 6.07) is 11.4. The van der Waals surface area contributed by atoms with E-state index >= 15 is 0 Å². The second-order valence-corrected chi connectivity index (χ2v) is 10.2. The van der Waals surface area contributed by atoms with Crippen LogP contribution < -0.4 is 11.1 Å². The topological polar surface area (TPSA) is 87.1 Å². The summed E-state index contributed by atoms with van der Waals surface area (Å²) >= 11 is 4.51. The zero-order valence-corrected chi connectivity index (χ0v) is 20.0. The fourth-order valence-corrected chi connectivity index (χ4v) is 6.60. The van der Waals surface area contributed by atoms with Gasteiger partial charge in [-0.05, 0) is 23.6 Å². The Bertz CT molecular complexity index is 1790. The molecule has 0 fully saturated rings. The second-order valence-electron chi connectivity index (χ2n) is 7.49. The Balaban J connectivity index is 1.43. The van der Waals surface area contributed by atoms with Crippen LogP contribution in [0.3, 0.4) is 0 Å². The number of nitrogens with zero attached hydrogens (tertiary/aromatic N) is 6. The average Bonchev–Trinajstić information content (AvgIpc) is 3.58. The van der Waals surface area contributed by atoms with E-state index in [4.69, 9.17) is 4.98 Å². The predicted octanol–water partition coefficient (Wildman–Crippen LogP) is 3.91. The summed E-state index contributed by atoms with van der Waals surface area (Å²) in [5.74, 6) is 1.60. The third kappa shape index (κ3) is 3.07. The minimum atomic E-state index is -0.113. The zero-order valence-electron chi connectivity index (χ0n) is 17.6. The van der Waals surface area contributed by atoms with Gasteiger partial charge in [0, 0.05) is 29.9 Å². The molecule has 6 aromatic rings. The van der Waals surface area contributed by atoms with E-state index in [0.717, 1.165) is 20.8 Å². The Morgan fingerprint density at radius 1 is 0.970 bits per heavy atom. The minimum absolute atomic E-state index is 0.0638. The van der Waals surface area contributed by atoms with Gasteiger partial charge in [0.15, 0.2) is 5.16 Å². The average molecular weight is 493 g/mol. The van der Waals surface area contributed by atoms with Crippen molar-refractivity contribution in [2.75, 3.05) is 0 Å². The number of hydrogen-bond acceptors (Lipinski definition) is 8. The molecule has 0 bridgehead atoms. The molecule has 164 valence electrons. The maximum Gasteiger partial charge on any atom is 0.263 e. The van der Waals surface area contributed by atoms with E-state index in [1.54, 1.807) is 36.1 Å². The van der Waals surface area contributed by atoms with Gasteiger partial charge in [-0.2, -0.15) is 0 Å². The standard InChI is InChI=1S/C22H16N6O2S3/c1-26-19(29)12-6-3-4-7-14(12)28-16(24-25-21(26)28)11-33-22-23-18-17(20(30)27(22)2)13(10-32-18)15-8-5-9-31-15/h3-10H,11H2,1-2H3. The molecule has 0 aliphatic rings. The molecule has 0 amide bonds. The largest absolute Gasteiger partial charge is 0.290 e. The first-order valence-corrected chi connectivity index (χ1v) is 12.8. The molecule has 33 heavy (non-hydrogen) atoms. The summed E-state index contributed by atoms with van der Waals surface area (Å²) in [4.78, 5) is 32.4. The molecule has 1 aromatic carbocycles. The fourth-order valence-electron chi connectivity index (χ4n) is 3.91. The molecule has 6 rings (SSSR count). The van der Waals surface area contributed by atoms with Crippen LogP contribution in [-0.4, -0.2) is 28.7 Å². The third-order valence-corrected chi connectivity index (χ3v) is 8.39. The van der Waals surface area contributed by atoms with Gasteiger partial charge in [0.25, 0.3) is 11.1 Å².